The molecular weight excluding hydrogens is 354 g/mol. The van der Waals surface area contributed by atoms with E-state index in [1.807, 2.05) is 44.2 Å². The molecule has 0 unspecified atom stereocenters. The fourth-order valence-corrected chi connectivity index (χ4v) is 2.92. The van der Waals surface area contributed by atoms with Gasteiger partial charge in [0.1, 0.15) is 0 Å². The van der Waals surface area contributed by atoms with Crippen molar-refractivity contribution >= 4 is 29.0 Å². The van der Waals surface area contributed by atoms with Crippen LogP contribution in [-0.4, -0.2) is 24.2 Å². The highest BCUT2D eigenvalue weighted by molar-refractivity contribution is 6.02. The van der Waals surface area contributed by atoms with Gasteiger partial charge in [0, 0.05) is 16.5 Å². The molecule has 1 heterocycles. The number of carboxylic acid groups (broad SMARTS) is 1. The number of carbonyl (C=O) groups excluding carboxylic acids is 1. The van der Waals surface area contributed by atoms with Crippen molar-refractivity contribution in [2.45, 2.75) is 20.3 Å². The van der Waals surface area contributed by atoms with Crippen molar-refractivity contribution in [3.05, 3.63) is 65.4 Å². The van der Waals surface area contributed by atoms with Gasteiger partial charge in [-0.25, -0.2) is 4.98 Å². The second-order valence-corrected chi connectivity index (χ2v) is 6.19. The minimum Gasteiger partial charge on any atom is -0.545 e. The summed E-state index contributed by atoms with van der Waals surface area (Å²) in [4.78, 5) is 16.1. The van der Waals surface area contributed by atoms with Crippen LogP contribution in [0.3, 0.4) is 0 Å². The Morgan fingerprint density at radius 3 is 2.64 bits per heavy atom. The number of rotatable bonds is 8. The number of hydrogen-bond donors (Lipinski definition) is 0. The first kappa shape index (κ1) is 19.4. The molecule has 0 aliphatic carbocycles. The number of hydrogen-bond acceptors (Lipinski definition) is 5. The van der Waals surface area contributed by atoms with Crippen LogP contribution in [0.25, 0.3) is 23.1 Å². The van der Waals surface area contributed by atoms with Gasteiger partial charge in [-0.3, -0.25) is 0 Å². The molecule has 0 fully saturated rings. The van der Waals surface area contributed by atoms with Crippen LogP contribution in [0.4, 0.5) is 0 Å². The Kier molecular flexibility index (Phi) is 6.27. The number of fused-ring (bicyclic) bond motifs is 1. The monoisotopic (exact) mass is 376 g/mol. The molecule has 0 saturated carbocycles. The molecule has 0 bridgehead atoms. The lowest BCUT2D eigenvalue weighted by atomic mass is 10.1. The summed E-state index contributed by atoms with van der Waals surface area (Å²) in [7, 11) is 0. The minimum absolute atomic E-state index is 0.121. The molecule has 144 valence electrons. The summed E-state index contributed by atoms with van der Waals surface area (Å²) in [5.74, 6) is 0.127. The number of carboxylic acids is 1. The maximum absolute atomic E-state index is 11.5. The summed E-state index contributed by atoms with van der Waals surface area (Å²) < 4.78 is 11.6. The molecule has 0 aliphatic rings. The Morgan fingerprint density at radius 1 is 1.07 bits per heavy atom. The number of nitrogens with zero attached hydrogens (tertiary/aromatic N) is 1. The SMILES string of the molecule is CCCOc1c(/C=C/c2cc(C(=O)[O-])c3ccccc3n2)cccc1OCC. The van der Waals surface area contributed by atoms with E-state index in [9.17, 15) is 9.90 Å². The van der Waals surface area contributed by atoms with Crippen LogP contribution >= 0.6 is 0 Å². The van der Waals surface area contributed by atoms with E-state index < -0.39 is 5.97 Å². The number of benzene rings is 2. The van der Waals surface area contributed by atoms with Gasteiger partial charge in [-0.2, -0.15) is 0 Å². The molecule has 2 aromatic carbocycles. The Labute approximate surface area is 164 Å². The first-order chi connectivity index (χ1) is 13.6. The smallest absolute Gasteiger partial charge is 0.168 e. The molecule has 0 aliphatic heterocycles. The maximum atomic E-state index is 11.5. The third kappa shape index (κ3) is 4.31. The van der Waals surface area contributed by atoms with E-state index in [0.717, 1.165) is 12.0 Å². The molecule has 0 saturated heterocycles. The normalized spacial score (nSPS) is 11.1. The van der Waals surface area contributed by atoms with Crippen molar-refractivity contribution in [3.63, 3.8) is 0 Å². The summed E-state index contributed by atoms with van der Waals surface area (Å²) >= 11 is 0. The lowest BCUT2D eigenvalue weighted by molar-refractivity contribution is -0.254. The molecule has 5 nitrogen and oxygen atoms in total. The number of para-hydroxylation sites is 2. The summed E-state index contributed by atoms with van der Waals surface area (Å²) in [5.41, 5.74) is 2.09. The van der Waals surface area contributed by atoms with Crippen LogP contribution in [0.1, 0.15) is 41.9 Å². The van der Waals surface area contributed by atoms with Gasteiger partial charge >= 0.3 is 0 Å². The zero-order valence-corrected chi connectivity index (χ0v) is 16.0. The van der Waals surface area contributed by atoms with E-state index in [0.29, 0.717) is 41.3 Å². The van der Waals surface area contributed by atoms with Crippen LogP contribution in [0.15, 0.2) is 48.5 Å². The lowest BCUT2D eigenvalue weighted by Crippen LogP contribution is -2.22. The van der Waals surface area contributed by atoms with Gasteiger partial charge in [-0.15, -0.1) is 0 Å². The van der Waals surface area contributed by atoms with Crippen molar-refractivity contribution in [2.75, 3.05) is 13.2 Å². The summed E-state index contributed by atoms with van der Waals surface area (Å²) in [5, 5.41) is 12.1. The molecule has 0 radical (unpaired) electrons. The van der Waals surface area contributed by atoms with Gasteiger partial charge in [0.2, 0.25) is 0 Å². The molecule has 0 amide bonds. The summed E-state index contributed by atoms with van der Waals surface area (Å²) in [6.07, 6.45) is 4.50. The van der Waals surface area contributed by atoms with Gasteiger partial charge in [0.25, 0.3) is 0 Å². The molecule has 0 spiro atoms. The summed E-state index contributed by atoms with van der Waals surface area (Å²) in [6, 6.07) is 14.3. The average molecular weight is 376 g/mol. The number of carbonyl (C=O) groups is 1. The number of aromatic nitrogens is 1. The molecule has 0 atom stereocenters. The fourth-order valence-electron chi connectivity index (χ4n) is 2.92. The predicted octanol–water partition coefficient (Wildman–Crippen LogP) is 3.96. The van der Waals surface area contributed by atoms with E-state index in [1.54, 1.807) is 24.3 Å². The van der Waals surface area contributed by atoms with Crippen molar-refractivity contribution in [3.8, 4) is 11.5 Å². The molecule has 28 heavy (non-hydrogen) atoms. The van der Waals surface area contributed by atoms with Crippen molar-refractivity contribution in [1.82, 2.24) is 4.98 Å². The first-order valence-corrected chi connectivity index (χ1v) is 9.31. The molecule has 1 aromatic heterocycles. The predicted molar refractivity (Wildman–Crippen MR) is 108 cm³/mol. The number of pyridine rings is 1. The highest BCUT2D eigenvalue weighted by atomic mass is 16.5. The minimum atomic E-state index is -1.22. The first-order valence-electron chi connectivity index (χ1n) is 9.31. The van der Waals surface area contributed by atoms with Gasteiger partial charge in [0.05, 0.1) is 30.4 Å². The van der Waals surface area contributed by atoms with Crippen LogP contribution in [0, 0.1) is 0 Å². The highest BCUT2D eigenvalue weighted by Crippen LogP contribution is 2.33. The quantitative estimate of drug-likeness (QED) is 0.595. The maximum Gasteiger partial charge on any atom is 0.168 e. The Morgan fingerprint density at radius 2 is 1.89 bits per heavy atom. The standard InChI is InChI=1S/C23H23NO4/c1-3-14-28-22-16(8-7-11-21(22)27-4-2)12-13-17-15-19(23(25)26)18-9-5-6-10-20(18)24-17/h5-13,15H,3-4,14H2,1-2H3,(H,25,26)/p-1/b13-12+. The molecule has 3 aromatic rings. The molecule has 3 rings (SSSR count). The largest absolute Gasteiger partial charge is 0.545 e. The fraction of sp³-hybridized carbons (Fsp3) is 0.217. The van der Waals surface area contributed by atoms with Crippen LogP contribution < -0.4 is 14.6 Å². The molecule has 5 heteroatoms. The van der Waals surface area contributed by atoms with E-state index in [2.05, 4.69) is 4.98 Å². The van der Waals surface area contributed by atoms with Crippen LogP contribution in [0.2, 0.25) is 0 Å². The zero-order valence-electron chi connectivity index (χ0n) is 16.0. The van der Waals surface area contributed by atoms with E-state index in [-0.39, 0.29) is 5.56 Å². The van der Waals surface area contributed by atoms with Crippen molar-refractivity contribution in [2.24, 2.45) is 0 Å². The van der Waals surface area contributed by atoms with Gasteiger partial charge in [-0.1, -0.05) is 37.3 Å². The Hall–Kier alpha value is -3.34. The second kappa shape index (κ2) is 9.04. The zero-order chi connectivity index (χ0) is 19.9. The lowest BCUT2D eigenvalue weighted by Gasteiger charge is -2.14. The number of aromatic carboxylic acids is 1. The van der Waals surface area contributed by atoms with Crippen LogP contribution in [-0.2, 0) is 0 Å². The Balaban J connectivity index is 2.02. The topological polar surface area (TPSA) is 71.5 Å². The van der Waals surface area contributed by atoms with E-state index in [1.165, 1.54) is 6.07 Å². The highest BCUT2D eigenvalue weighted by Gasteiger charge is 2.10. The Bertz CT molecular complexity index is 1010. The van der Waals surface area contributed by atoms with Crippen LogP contribution in [0.5, 0.6) is 11.5 Å². The van der Waals surface area contributed by atoms with Gasteiger partial charge in [-0.05, 0) is 43.7 Å². The van der Waals surface area contributed by atoms with Crippen molar-refractivity contribution < 1.29 is 19.4 Å². The average Bonchev–Trinajstić information content (AvgIpc) is 2.71. The second-order valence-electron chi connectivity index (χ2n) is 6.19. The molecular formula is C23H22NO4-. The molecule has 0 N–H and O–H groups in total. The summed E-state index contributed by atoms with van der Waals surface area (Å²) in [6.45, 7) is 5.08. The van der Waals surface area contributed by atoms with Gasteiger partial charge < -0.3 is 19.4 Å². The third-order valence-corrected chi connectivity index (χ3v) is 4.15. The third-order valence-electron chi connectivity index (χ3n) is 4.15. The van der Waals surface area contributed by atoms with Crippen molar-refractivity contribution in [1.29, 1.82) is 0 Å². The van der Waals surface area contributed by atoms with Gasteiger partial charge in [0.15, 0.2) is 11.5 Å². The number of ether oxygens (including phenoxy) is 2. The van der Waals surface area contributed by atoms with E-state index >= 15 is 0 Å². The van der Waals surface area contributed by atoms with E-state index in [4.69, 9.17) is 9.47 Å².